The summed E-state index contributed by atoms with van der Waals surface area (Å²) in [5.41, 5.74) is 0.581. The van der Waals surface area contributed by atoms with Gasteiger partial charge in [0.2, 0.25) is 5.91 Å². The lowest BCUT2D eigenvalue weighted by molar-refractivity contribution is -0.121. The summed E-state index contributed by atoms with van der Waals surface area (Å²) in [5, 5.41) is 10.7. The number of nitrogens with one attached hydrogen (secondary N) is 1. The quantitative estimate of drug-likeness (QED) is 0.799. The van der Waals surface area contributed by atoms with E-state index in [-0.39, 0.29) is 23.6 Å². The standard InChI is InChI=1S/C14H24N4O3/c1-6-15-10(19)8-9-18-12(14(3,4)5)11(16-17-18)13(20)21-7-2/h6-9H2,1-5H3,(H,15,19). The Hall–Kier alpha value is -1.92. The highest BCUT2D eigenvalue weighted by atomic mass is 16.5. The zero-order chi connectivity index (χ0) is 16.0. The number of amides is 1. The van der Waals surface area contributed by atoms with E-state index >= 15 is 0 Å². The number of aromatic nitrogens is 3. The molecular formula is C14H24N4O3. The molecule has 1 rings (SSSR count). The highest BCUT2D eigenvalue weighted by Crippen LogP contribution is 2.25. The number of carbonyl (C=O) groups excluding carboxylic acids is 2. The van der Waals surface area contributed by atoms with Crippen molar-refractivity contribution in [1.82, 2.24) is 20.3 Å². The highest BCUT2D eigenvalue weighted by molar-refractivity contribution is 5.88. The topological polar surface area (TPSA) is 86.1 Å². The third-order valence-electron chi connectivity index (χ3n) is 2.84. The fourth-order valence-corrected chi connectivity index (χ4v) is 2.04. The molecule has 0 fully saturated rings. The molecule has 21 heavy (non-hydrogen) atoms. The van der Waals surface area contributed by atoms with E-state index in [4.69, 9.17) is 4.74 Å². The van der Waals surface area contributed by atoms with Gasteiger partial charge in [-0.05, 0) is 13.8 Å². The normalized spacial score (nSPS) is 11.3. The van der Waals surface area contributed by atoms with Crippen LogP contribution in [0.25, 0.3) is 0 Å². The van der Waals surface area contributed by atoms with E-state index in [1.54, 1.807) is 11.6 Å². The molecule has 0 saturated heterocycles. The van der Waals surface area contributed by atoms with Crippen LogP contribution in [-0.2, 0) is 21.5 Å². The number of hydrogen-bond acceptors (Lipinski definition) is 5. The van der Waals surface area contributed by atoms with Crippen LogP contribution >= 0.6 is 0 Å². The average molecular weight is 296 g/mol. The minimum atomic E-state index is -0.480. The number of rotatable bonds is 6. The second-order valence-corrected chi connectivity index (χ2v) is 5.68. The maximum absolute atomic E-state index is 11.9. The van der Waals surface area contributed by atoms with Crippen molar-refractivity contribution in [2.24, 2.45) is 0 Å². The Morgan fingerprint density at radius 1 is 1.29 bits per heavy atom. The van der Waals surface area contributed by atoms with Gasteiger partial charge in [0.15, 0.2) is 5.69 Å². The largest absolute Gasteiger partial charge is 0.461 e. The number of ether oxygens (including phenoxy) is 1. The van der Waals surface area contributed by atoms with Crippen molar-refractivity contribution >= 4 is 11.9 Å². The van der Waals surface area contributed by atoms with Crippen molar-refractivity contribution in [3.8, 4) is 0 Å². The smallest absolute Gasteiger partial charge is 0.360 e. The maximum atomic E-state index is 11.9. The maximum Gasteiger partial charge on any atom is 0.360 e. The van der Waals surface area contributed by atoms with Crippen LogP contribution in [0, 0.1) is 0 Å². The molecular weight excluding hydrogens is 272 g/mol. The number of carbonyl (C=O) groups is 2. The Morgan fingerprint density at radius 3 is 2.48 bits per heavy atom. The second-order valence-electron chi connectivity index (χ2n) is 5.68. The van der Waals surface area contributed by atoms with E-state index < -0.39 is 5.97 Å². The van der Waals surface area contributed by atoms with Crippen LogP contribution in [0.5, 0.6) is 0 Å². The molecule has 1 N–H and O–H groups in total. The molecule has 0 unspecified atom stereocenters. The van der Waals surface area contributed by atoms with Crippen molar-refractivity contribution < 1.29 is 14.3 Å². The summed E-state index contributed by atoms with van der Waals surface area (Å²) in [4.78, 5) is 23.5. The van der Waals surface area contributed by atoms with Crippen LogP contribution in [0.15, 0.2) is 0 Å². The zero-order valence-electron chi connectivity index (χ0n) is 13.4. The van der Waals surface area contributed by atoms with Crippen molar-refractivity contribution in [3.63, 3.8) is 0 Å². The van der Waals surface area contributed by atoms with Gasteiger partial charge in [-0.1, -0.05) is 26.0 Å². The van der Waals surface area contributed by atoms with Crippen LogP contribution in [0.3, 0.4) is 0 Å². The fourth-order valence-electron chi connectivity index (χ4n) is 2.04. The second kappa shape index (κ2) is 7.19. The van der Waals surface area contributed by atoms with Gasteiger partial charge in [0.1, 0.15) is 0 Å². The van der Waals surface area contributed by atoms with Gasteiger partial charge in [0, 0.05) is 18.4 Å². The summed E-state index contributed by atoms with van der Waals surface area (Å²) in [5.74, 6) is -0.530. The lowest BCUT2D eigenvalue weighted by Crippen LogP contribution is -2.26. The molecule has 1 amide bonds. The van der Waals surface area contributed by atoms with Gasteiger partial charge >= 0.3 is 5.97 Å². The third-order valence-corrected chi connectivity index (χ3v) is 2.84. The molecule has 0 saturated carbocycles. The molecule has 0 spiro atoms. The molecule has 0 aliphatic heterocycles. The lowest BCUT2D eigenvalue weighted by Gasteiger charge is -2.20. The van der Waals surface area contributed by atoms with Gasteiger partial charge in [0.05, 0.1) is 18.8 Å². The minimum absolute atomic E-state index is 0.0504. The molecule has 7 nitrogen and oxygen atoms in total. The third kappa shape index (κ3) is 4.54. The van der Waals surface area contributed by atoms with Crippen LogP contribution in [0.2, 0.25) is 0 Å². The van der Waals surface area contributed by atoms with E-state index in [1.165, 1.54) is 0 Å². The SMILES string of the molecule is CCNC(=O)CCn1nnc(C(=O)OCC)c1C(C)(C)C. The molecule has 118 valence electrons. The van der Waals surface area contributed by atoms with Gasteiger partial charge in [-0.15, -0.1) is 5.10 Å². The molecule has 1 aromatic heterocycles. The minimum Gasteiger partial charge on any atom is -0.461 e. The Balaban J connectivity index is 2.99. The van der Waals surface area contributed by atoms with E-state index in [9.17, 15) is 9.59 Å². The van der Waals surface area contributed by atoms with Crippen LogP contribution in [-0.4, -0.2) is 40.0 Å². The monoisotopic (exact) mass is 296 g/mol. The summed E-state index contributed by atoms with van der Waals surface area (Å²) in [7, 11) is 0. The number of esters is 1. The summed E-state index contributed by atoms with van der Waals surface area (Å²) in [6, 6.07) is 0. The first-order valence-corrected chi connectivity index (χ1v) is 7.19. The Morgan fingerprint density at radius 2 is 1.95 bits per heavy atom. The van der Waals surface area contributed by atoms with E-state index in [0.717, 1.165) is 0 Å². The van der Waals surface area contributed by atoms with E-state index in [0.29, 0.717) is 25.2 Å². The molecule has 0 aliphatic rings. The summed E-state index contributed by atoms with van der Waals surface area (Å²) >= 11 is 0. The van der Waals surface area contributed by atoms with Crippen molar-refractivity contribution in [2.45, 2.75) is 53.0 Å². The Kier molecular flexibility index (Phi) is 5.87. The summed E-state index contributed by atoms with van der Waals surface area (Å²) in [6.45, 7) is 10.8. The molecule has 0 aliphatic carbocycles. The van der Waals surface area contributed by atoms with Crippen LogP contribution < -0.4 is 5.32 Å². The van der Waals surface area contributed by atoms with Gasteiger partial charge in [-0.25, -0.2) is 9.48 Å². The average Bonchev–Trinajstić information content (AvgIpc) is 2.81. The van der Waals surface area contributed by atoms with Crippen molar-refractivity contribution in [2.75, 3.05) is 13.2 Å². The highest BCUT2D eigenvalue weighted by Gasteiger charge is 2.29. The van der Waals surface area contributed by atoms with Gasteiger partial charge in [-0.2, -0.15) is 0 Å². The predicted molar refractivity (Wildman–Crippen MR) is 78.0 cm³/mol. The number of aryl methyl sites for hydroxylation is 1. The lowest BCUT2D eigenvalue weighted by atomic mass is 9.90. The molecule has 1 heterocycles. The number of nitrogens with zero attached hydrogens (tertiary/aromatic N) is 3. The van der Waals surface area contributed by atoms with Gasteiger partial charge in [0.25, 0.3) is 0 Å². The van der Waals surface area contributed by atoms with Gasteiger partial charge in [-0.3, -0.25) is 4.79 Å². The molecule has 7 heteroatoms. The van der Waals surface area contributed by atoms with Gasteiger partial charge < -0.3 is 10.1 Å². The molecule has 0 atom stereocenters. The molecule has 0 radical (unpaired) electrons. The van der Waals surface area contributed by atoms with Crippen molar-refractivity contribution in [1.29, 1.82) is 0 Å². The number of hydrogen-bond donors (Lipinski definition) is 1. The summed E-state index contributed by atoms with van der Waals surface area (Å²) in [6.07, 6.45) is 0.294. The first-order chi connectivity index (χ1) is 9.81. The molecule has 0 aromatic carbocycles. The van der Waals surface area contributed by atoms with E-state index in [2.05, 4.69) is 15.6 Å². The summed E-state index contributed by atoms with van der Waals surface area (Å²) < 4.78 is 6.62. The Labute approximate surface area is 125 Å². The first-order valence-electron chi connectivity index (χ1n) is 7.19. The predicted octanol–water partition coefficient (Wildman–Crippen LogP) is 1.28. The first kappa shape index (κ1) is 17.1. The van der Waals surface area contributed by atoms with E-state index in [1.807, 2.05) is 27.7 Å². The zero-order valence-corrected chi connectivity index (χ0v) is 13.4. The van der Waals surface area contributed by atoms with Crippen LogP contribution in [0.1, 0.15) is 57.2 Å². The van der Waals surface area contributed by atoms with Crippen LogP contribution in [0.4, 0.5) is 0 Å². The Bertz CT molecular complexity index is 503. The molecule has 0 bridgehead atoms. The van der Waals surface area contributed by atoms with Crippen molar-refractivity contribution in [3.05, 3.63) is 11.4 Å². The molecule has 1 aromatic rings. The fraction of sp³-hybridized carbons (Fsp3) is 0.714.